The van der Waals surface area contributed by atoms with Crippen molar-refractivity contribution in [3.05, 3.63) is 64.6 Å². The van der Waals surface area contributed by atoms with Crippen molar-refractivity contribution in [1.82, 2.24) is 10.2 Å². The lowest BCUT2D eigenvalue weighted by Gasteiger charge is -2.32. The molecule has 1 fully saturated rings. The summed E-state index contributed by atoms with van der Waals surface area (Å²) in [5, 5.41) is 5.47. The fraction of sp³-hybridized carbons (Fsp3) is 0.300. The molecule has 0 radical (unpaired) electrons. The van der Waals surface area contributed by atoms with Gasteiger partial charge in [0.25, 0.3) is 0 Å². The van der Waals surface area contributed by atoms with Gasteiger partial charge >= 0.3 is 11.8 Å². The number of benzene rings is 2. The van der Waals surface area contributed by atoms with Crippen molar-refractivity contribution >= 4 is 33.4 Å². The first kappa shape index (κ1) is 18.6. The first-order chi connectivity index (χ1) is 12.6. The van der Waals surface area contributed by atoms with Crippen LogP contribution in [0.4, 0.5) is 5.69 Å². The first-order valence-electron chi connectivity index (χ1n) is 8.74. The lowest BCUT2D eigenvalue weighted by atomic mass is 10.0. The number of nitrogens with zero attached hydrogens (tertiary/aromatic N) is 1. The summed E-state index contributed by atoms with van der Waals surface area (Å²) in [6.45, 7) is 2.74. The fourth-order valence-electron chi connectivity index (χ4n) is 3.08. The van der Waals surface area contributed by atoms with Crippen molar-refractivity contribution in [3.63, 3.8) is 0 Å². The van der Waals surface area contributed by atoms with Crippen LogP contribution in [0.15, 0.2) is 59.1 Å². The molecule has 1 aliphatic rings. The number of piperidine rings is 1. The molecule has 2 amide bonds. The Labute approximate surface area is 161 Å². The Morgan fingerprint density at radius 3 is 2.42 bits per heavy atom. The largest absolute Gasteiger partial charge is 0.345 e. The zero-order chi connectivity index (χ0) is 18.4. The van der Waals surface area contributed by atoms with Gasteiger partial charge in [0.1, 0.15) is 0 Å². The second-order valence-corrected chi connectivity index (χ2v) is 7.39. The Morgan fingerprint density at radius 2 is 1.73 bits per heavy atom. The number of hydrogen-bond acceptors (Lipinski definition) is 3. The number of carbonyl (C=O) groups excluding carboxylic acids is 2. The molecule has 0 bridgehead atoms. The maximum Gasteiger partial charge on any atom is 0.313 e. The van der Waals surface area contributed by atoms with Gasteiger partial charge in [0.2, 0.25) is 0 Å². The molecular formula is C20H22BrN3O2. The summed E-state index contributed by atoms with van der Waals surface area (Å²) in [7, 11) is 0. The summed E-state index contributed by atoms with van der Waals surface area (Å²) in [6, 6.07) is 17.6. The lowest BCUT2D eigenvalue weighted by molar-refractivity contribution is -0.136. The Morgan fingerprint density at radius 1 is 1.00 bits per heavy atom. The number of halogens is 1. The van der Waals surface area contributed by atoms with Crippen LogP contribution in [0.25, 0.3) is 0 Å². The van der Waals surface area contributed by atoms with Gasteiger partial charge in [-0.3, -0.25) is 14.5 Å². The summed E-state index contributed by atoms with van der Waals surface area (Å²) < 4.78 is 0.849. The molecule has 2 aromatic carbocycles. The van der Waals surface area contributed by atoms with Gasteiger partial charge in [-0.05, 0) is 36.6 Å². The van der Waals surface area contributed by atoms with Crippen LogP contribution in [0.5, 0.6) is 0 Å². The molecular weight excluding hydrogens is 394 g/mol. The summed E-state index contributed by atoms with van der Waals surface area (Å²) in [4.78, 5) is 26.6. The minimum atomic E-state index is -0.630. The average Bonchev–Trinajstić information content (AvgIpc) is 2.64. The number of carbonyl (C=O) groups is 2. The second kappa shape index (κ2) is 8.96. The maximum absolute atomic E-state index is 12.1. The summed E-state index contributed by atoms with van der Waals surface area (Å²) in [6.07, 6.45) is 1.70. The number of likely N-dealkylation sites (tertiary alicyclic amines) is 1. The topological polar surface area (TPSA) is 61.4 Å². The molecule has 0 spiro atoms. The highest BCUT2D eigenvalue weighted by Gasteiger charge is 2.23. The van der Waals surface area contributed by atoms with Crippen molar-refractivity contribution < 1.29 is 9.59 Å². The van der Waals surface area contributed by atoms with Crippen molar-refractivity contribution in [2.75, 3.05) is 18.4 Å². The van der Waals surface area contributed by atoms with Crippen molar-refractivity contribution in [2.24, 2.45) is 0 Å². The van der Waals surface area contributed by atoms with Gasteiger partial charge in [0.05, 0.1) is 0 Å². The molecule has 1 heterocycles. The highest BCUT2D eigenvalue weighted by Crippen LogP contribution is 2.16. The van der Waals surface area contributed by atoms with E-state index in [0.717, 1.165) is 36.9 Å². The Balaban J connectivity index is 1.43. The third kappa shape index (κ3) is 5.41. The zero-order valence-electron chi connectivity index (χ0n) is 14.5. The standard InChI is InChI=1S/C20H22BrN3O2/c21-16-7-4-8-18(13-16)23-20(26)19(25)22-17-9-11-24(12-10-17)14-15-5-2-1-3-6-15/h1-8,13,17H,9-12,14H2,(H,22,25)(H,23,26). The van der Waals surface area contributed by atoms with Gasteiger partial charge in [0.15, 0.2) is 0 Å². The van der Waals surface area contributed by atoms with Crippen LogP contribution in [-0.4, -0.2) is 35.8 Å². The number of amides is 2. The number of nitrogens with one attached hydrogen (secondary N) is 2. The molecule has 0 saturated carbocycles. The summed E-state index contributed by atoms with van der Waals surface area (Å²) >= 11 is 3.34. The highest BCUT2D eigenvalue weighted by molar-refractivity contribution is 9.10. The molecule has 3 rings (SSSR count). The third-order valence-electron chi connectivity index (χ3n) is 4.46. The van der Waals surface area contributed by atoms with Crippen LogP contribution < -0.4 is 10.6 Å². The minimum Gasteiger partial charge on any atom is -0.345 e. The summed E-state index contributed by atoms with van der Waals surface area (Å²) in [5.41, 5.74) is 1.89. The van der Waals surface area contributed by atoms with Crippen LogP contribution in [0, 0.1) is 0 Å². The van der Waals surface area contributed by atoms with Crippen molar-refractivity contribution in [3.8, 4) is 0 Å². The predicted octanol–water partition coefficient (Wildman–Crippen LogP) is 3.17. The van der Waals surface area contributed by atoms with E-state index in [9.17, 15) is 9.59 Å². The molecule has 26 heavy (non-hydrogen) atoms. The SMILES string of the molecule is O=C(Nc1cccc(Br)c1)C(=O)NC1CCN(Cc2ccccc2)CC1. The fourth-order valence-corrected chi connectivity index (χ4v) is 3.48. The molecule has 0 atom stereocenters. The van der Waals surface area contributed by atoms with Crippen LogP contribution in [0.1, 0.15) is 18.4 Å². The molecule has 136 valence electrons. The van der Waals surface area contributed by atoms with E-state index < -0.39 is 11.8 Å². The van der Waals surface area contributed by atoms with E-state index in [-0.39, 0.29) is 6.04 Å². The maximum atomic E-state index is 12.1. The Bertz CT molecular complexity index is 759. The number of anilines is 1. The van der Waals surface area contributed by atoms with E-state index in [1.165, 1.54) is 5.56 Å². The summed E-state index contributed by atoms with van der Waals surface area (Å²) in [5.74, 6) is -1.21. The van der Waals surface area contributed by atoms with E-state index in [0.29, 0.717) is 5.69 Å². The van der Waals surface area contributed by atoms with E-state index >= 15 is 0 Å². The highest BCUT2D eigenvalue weighted by atomic mass is 79.9. The van der Waals surface area contributed by atoms with Crippen molar-refractivity contribution in [2.45, 2.75) is 25.4 Å². The van der Waals surface area contributed by atoms with Crippen molar-refractivity contribution in [1.29, 1.82) is 0 Å². The van der Waals surface area contributed by atoms with Gasteiger partial charge < -0.3 is 10.6 Å². The molecule has 0 aliphatic carbocycles. The van der Waals surface area contributed by atoms with Crippen LogP contribution in [0.3, 0.4) is 0 Å². The molecule has 2 aromatic rings. The molecule has 1 aliphatic heterocycles. The van der Waals surface area contributed by atoms with Crippen LogP contribution in [-0.2, 0) is 16.1 Å². The van der Waals surface area contributed by atoms with E-state index in [2.05, 4.69) is 43.6 Å². The van der Waals surface area contributed by atoms with E-state index in [1.54, 1.807) is 18.2 Å². The zero-order valence-corrected chi connectivity index (χ0v) is 16.0. The minimum absolute atomic E-state index is 0.0442. The predicted molar refractivity (Wildman–Crippen MR) is 106 cm³/mol. The first-order valence-corrected chi connectivity index (χ1v) is 9.53. The van der Waals surface area contributed by atoms with Gasteiger partial charge in [-0.25, -0.2) is 0 Å². The van der Waals surface area contributed by atoms with Gasteiger partial charge in [-0.2, -0.15) is 0 Å². The molecule has 0 unspecified atom stereocenters. The normalized spacial score (nSPS) is 15.4. The van der Waals surface area contributed by atoms with Gasteiger partial charge in [-0.1, -0.05) is 52.3 Å². The average molecular weight is 416 g/mol. The Kier molecular flexibility index (Phi) is 6.41. The van der Waals surface area contributed by atoms with Gasteiger partial charge in [0, 0.05) is 35.8 Å². The monoisotopic (exact) mass is 415 g/mol. The quantitative estimate of drug-likeness (QED) is 0.753. The van der Waals surface area contributed by atoms with E-state index in [1.807, 2.05) is 24.3 Å². The molecule has 5 nitrogen and oxygen atoms in total. The third-order valence-corrected chi connectivity index (χ3v) is 4.95. The Hall–Kier alpha value is -2.18. The van der Waals surface area contributed by atoms with Crippen LogP contribution in [0.2, 0.25) is 0 Å². The second-order valence-electron chi connectivity index (χ2n) is 6.47. The smallest absolute Gasteiger partial charge is 0.313 e. The number of hydrogen-bond donors (Lipinski definition) is 2. The molecule has 2 N–H and O–H groups in total. The molecule has 0 aromatic heterocycles. The molecule has 1 saturated heterocycles. The number of rotatable bonds is 4. The molecule has 6 heteroatoms. The van der Waals surface area contributed by atoms with Gasteiger partial charge in [-0.15, -0.1) is 0 Å². The van der Waals surface area contributed by atoms with E-state index in [4.69, 9.17) is 0 Å². The lowest BCUT2D eigenvalue weighted by Crippen LogP contribution is -2.47. The van der Waals surface area contributed by atoms with Crippen LogP contribution >= 0.6 is 15.9 Å².